The molecule has 0 unspecified atom stereocenters. The van der Waals surface area contributed by atoms with Crippen molar-refractivity contribution in [1.29, 1.82) is 0 Å². The lowest BCUT2D eigenvalue weighted by molar-refractivity contribution is -0.148. The topological polar surface area (TPSA) is 61.6 Å². The van der Waals surface area contributed by atoms with E-state index in [4.69, 9.17) is 25.5 Å². The maximum absolute atomic E-state index is 11.8. The summed E-state index contributed by atoms with van der Waals surface area (Å²) >= 11 is 5.94. The van der Waals surface area contributed by atoms with Crippen molar-refractivity contribution in [3.05, 3.63) is 71.2 Å². The first kappa shape index (κ1) is 17.0. The van der Waals surface area contributed by atoms with Crippen molar-refractivity contribution in [3.8, 4) is 17.1 Å². The molecule has 0 aliphatic rings. The van der Waals surface area contributed by atoms with Crippen LogP contribution in [0.3, 0.4) is 0 Å². The molecule has 25 heavy (non-hydrogen) atoms. The minimum atomic E-state index is -0.507. The van der Waals surface area contributed by atoms with Crippen LogP contribution < -0.4 is 4.74 Å². The molecular formula is C19H16ClNO4. The summed E-state index contributed by atoms with van der Waals surface area (Å²) in [5.41, 5.74) is 1.79. The molecule has 0 spiro atoms. The van der Waals surface area contributed by atoms with Crippen LogP contribution in [-0.2, 0) is 16.1 Å². The number of carbonyl (C=O) groups is 1. The lowest BCUT2D eigenvalue weighted by Gasteiger charge is -2.07. The Morgan fingerprint density at radius 3 is 2.76 bits per heavy atom. The van der Waals surface area contributed by atoms with Gasteiger partial charge in [0.1, 0.15) is 5.75 Å². The van der Waals surface area contributed by atoms with Crippen LogP contribution >= 0.6 is 11.6 Å². The molecule has 0 atom stereocenters. The standard InChI is InChI=1S/C19H16ClNO4/c1-13-9-15(7-8-16(13)20)23-12-19(22)24-11-18-21-10-17(25-18)14-5-3-2-4-6-14/h2-10H,11-12H2,1H3. The molecule has 0 aliphatic carbocycles. The first-order valence-corrected chi connectivity index (χ1v) is 8.04. The van der Waals surface area contributed by atoms with Crippen LogP contribution in [0.4, 0.5) is 0 Å². The molecule has 0 saturated heterocycles. The summed E-state index contributed by atoms with van der Waals surface area (Å²) < 4.78 is 16.1. The highest BCUT2D eigenvalue weighted by Crippen LogP contribution is 2.21. The third-order valence-corrected chi connectivity index (χ3v) is 3.88. The van der Waals surface area contributed by atoms with Crippen molar-refractivity contribution < 1.29 is 18.7 Å². The molecule has 128 valence electrons. The van der Waals surface area contributed by atoms with E-state index in [0.29, 0.717) is 22.4 Å². The van der Waals surface area contributed by atoms with E-state index in [2.05, 4.69) is 4.98 Å². The van der Waals surface area contributed by atoms with Crippen LogP contribution in [0.15, 0.2) is 59.1 Å². The summed E-state index contributed by atoms with van der Waals surface area (Å²) in [7, 11) is 0. The van der Waals surface area contributed by atoms with Crippen molar-refractivity contribution in [3.63, 3.8) is 0 Å². The zero-order valence-electron chi connectivity index (χ0n) is 13.6. The van der Waals surface area contributed by atoms with Crippen LogP contribution in [0.25, 0.3) is 11.3 Å². The molecule has 0 aliphatic heterocycles. The lowest BCUT2D eigenvalue weighted by atomic mass is 10.2. The van der Waals surface area contributed by atoms with E-state index >= 15 is 0 Å². The molecule has 0 N–H and O–H groups in total. The van der Waals surface area contributed by atoms with Crippen LogP contribution in [0.2, 0.25) is 5.02 Å². The smallest absolute Gasteiger partial charge is 0.344 e. The van der Waals surface area contributed by atoms with Crippen molar-refractivity contribution in [2.45, 2.75) is 13.5 Å². The number of hydrogen-bond acceptors (Lipinski definition) is 5. The average Bonchev–Trinajstić information content (AvgIpc) is 3.11. The Labute approximate surface area is 150 Å². The molecule has 0 radical (unpaired) electrons. The number of carbonyl (C=O) groups excluding carboxylic acids is 1. The van der Waals surface area contributed by atoms with Crippen molar-refractivity contribution in [2.24, 2.45) is 0 Å². The van der Waals surface area contributed by atoms with Gasteiger partial charge in [0.15, 0.2) is 19.0 Å². The lowest BCUT2D eigenvalue weighted by Crippen LogP contribution is -2.14. The van der Waals surface area contributed by atoms with E-state index in [1.54, 1.807) is 24.4 Å². The minimum Gasteiger partial charge on any atom is -0.482 e. The largest absolute Gasteiger partial charge is 0.482 e. The van der Waals surface area contributed by atoms with Crippen LogP contribution in [0, 0.1) is 6.92 Å². The van der Waals surface area contributed by atoms with Crippen LogP contribution in [-0.4, -0.2) is 17.6 Å². The molecule has 6 heteroatoms. The average molecular weight is 358 g/mol. The van der Waals surface area contributed by atoms with Gasteiger partial charge in [0.25, 0.3) is 0 Å². The third kappa shape index (κ3) is 4.61. The third-order valence-electron chi connectivity index (χ3n) is 3.45. The number of aromatic nitrogens is 1. The fourth-order valence-electron chi connectivity index (χ4n) is 2.15. The molecule has 0 fully saturated rings. The summed E-state index contributed by atoms with van der Waals surface area (Å²) in [6.45, 7) is 1.61. The highest BCUT2D eigenvalue weighted by molar-refractivity contribution is 6.31. The van der Waals surface area contributed by atoms with Gasteiger partial charge >= 0.3 is 5.97 Å². The number of hydrogen-bond donors (Lipinski definition) is 0. The first-order chi connectivity index (χ1) is 12.1. The second-order valence-corrected chi connectivity index (χ2v) is 5.75. The summed E-state index contributed by atoms with van der Waals surface area (Å²) in [4.78, 5) is 15.9. The number of aryl methyl sites for hydroxylation is 1. The normalized spacial score (nSPS) is 10.5. The van der Waals surface area contributed by atoms with Crippen LogP contribution in [0.1, 0.15) is 11.5 Å². The number of nitrogens with zero attached hydrogens (tertiary/aromatic N) is 1. The summed E-state index contributed by atoms with van der Waals surface area (Å²) in [6, 6.07) is 14.7. The van der Waals surface area contributed by atoms with Crippen molar-refractivity contribution in [1.82, 2.24) is 4.98 Å². The van der Waals surface area contributed by atoms with Crippen molar-refractivity contribution in [2.75, 3.05) is 6.61 Å². The predicted octanol–water partition coefficient (Wildman–Crippen LogP) is 4.43. The Morgan fingerprint density at radius 2 is 2.00 bits per heavy atom. The second kappa shape index (κ2) is 7.85. The number of ether oxygens (including phenoxy) is 2. The Morgan fingerprint density at radius 1 is 1.20 bits per heavy atom. The van der Waals surface area contributed by atoms with Gasteiger partial charge in [0.2, 0.25) is 5.89 Å². The molecule has 3 rings (SSSR count). The fourth-order valence-corrected chi connectivity index (χ4v) is 2.26. The molecular weight excluding hydrogens is 342 g/mol. The van der Waals surface area contributed by atoms with Crippen molar-refractivity contribution >= 4 is 17.6 Å². The number of halogens is 1. The van der Waals surface area contributed by atoms with E-state index in [9.17, 15) is 4.79 Å². The van der Waals surface area contributed by atoms with E-state index in [1.165, 1.54) is 0 Å². The van der Waals surface area contributed by atoms with Gasteiger partial charge < -0.3 is 13.9 Å². The Hall–Kier alpha value is -2.79. The zero-order valence-corrected chi connectivity index (χ0v) is 14.3. The van der Waals surface area contributed by atoms with Gasteiger partial charge in [0, 0.05) is 10.6 Å². The van der Waals surface area contributed by atoms with Gasteiger partial charge in [-0.25, -0.2) is 9.78 Å². The molecule has 2 aromatic carbocycles. The minimum absolute atomic E-state index is 0.0470. The maximum atomic E-state index is 11.8. The molecule has 1 heterocycles. The van der Waals surface area contributed by atoms with E-state index in [1.807, 2.05) is 37.3 Å². The molecule has 5 nitrogen and oxygen atoms in total. The number of rotatable bonds is 6. The number of esters is 1. The Kier molecular flexibility index (Phi) is 5.36. The second-order valence-electron chi connectivity index (χ2n) is 5.34. The highest BCUT2D eigenvalue weighted by atomic mass is 35.5. The fraction of sp³-hybridized carbons (Fsp3) is 0.158. The predicted molar refractivity (Wildman–Crippen MR) is 93.4 cm³/mol. The number of oxazole rings is 1. The SMILES string of the molecule is Cc1cc(OCC(=O)OCc2ncc(-c3ccccc3)o2)ccc1Cl. The van der Waals surface area contributed by atoms with E-state index in [-0.39, 0.29) is 13.2 Å². The van der Waals surface area contributed by atoms with Gasteiger partial charge in [0.05, 0.1) is 6.20 Å². The zero-order chi connectivity index (χ0) is 17.6. The monoisotopic (exact) mass is 357 g/mol. The molecule has 0 amide bonds. The molecule has 1 aromatic heterocycles. The van der Waals surface area contributed by atoms with Gasteiger partial charge in [-0.1, -0.05) is 41.9 Å². The Balaban J connectivity index is 1.49. The van der Waals surface area contributed by atoms with E-state index < -0.39 is 5.97 Å². The van der Waals surface area contributed by atoms with Crippen LogP contribution in [0.5, 0.6) is 5.75 Å². The molecule has 3 aromatic rings. The Bertz CT molecular complexity index is 861. The number of benzene rings is 2. The quantitative estimate of drug-likeness (QED) is 0.611. The molecule has 0 bridgehead atoms. The first-order valence-electron chi connectivity index (χ1n) is 7.66. The summed E-state index contributed by atoms with van der Waals surface area (Å²) in [5, 5.41) is 0.646. The van der Waals surface area contributed by atoms with Gasteiger partial charge in [-0.3, -0.25) is 0 Å². The van der Waals surface area contributed by atoms with E-state index in [0.717, 1.165) is 11.1 Å². The summed E-state index contributed by atoms with van der Waals surface area (Å²) in [5.74, 6) is 1.00. The van der Waals surface area contributed by atoms with Gasteiger partial charge in [-0.2, -0.15) is 0 Å². The van der Waals surface area contributed by atoms with Gasteiger partial charge in [-0.05, 0) is 30.7 Å². The summed E-state index contributed by atoms with van der Waals surface area (Å²) in [6.07, 6.45) is 1.60. The van der Waals surface area contributed by atoms with Gasteiger partial charge in [-0.15, -0.1) is 0 Å². The molecule has 0 saturated carbocycles. The maximum Gasteiger partial charge on any atom is 0.344 e. The highest BCUT2D eigenvalue weighted by Gasteiger charge is 2.10.